The molecular formula is C31H38N4O2. The summed E-state index contributed by atoms with van der Waals surface area (Å²) in [5, 5.41) is 9.95. The highest BCUT2D eigenvalue weighted by molar-refractivity contribution is 5.79. The van der Waals surface area contributed by atoms with Gasteiger partial charge in [0.25, 0.3) is 0 Å². The molecule has 0 aliphatic carbocycles. The van der Waals surface area contributed by atoms with Gasteiger partial charge in [0, 0.05) is 38.1 Å². The fourth-order valence-electron chi connectivity index (χ4n) is 6.46. The van der Waals surface area contributed by atoms with Crippen molar-refractivity contribution in [3.8, 4) is 6.07 Å². The van der Waals surface area contributed by atoms with Crippen LogP contribution in [0.2, 0.25) is 0 Å². The topological polar surface area (TPSA) is 67.7 Å². The van der Waals surface area contributed by atoms with Gasteiger partial charge in [0.2, 0.25) is 11.8 Å². The lowest BCUT2D eigenvalue weighted by atomic mass is 9.74. The fourth-order valence-corrected chi connectivity index (χ4v) is 6.46. The van der Waals surface area contributed by atoms with Gasteiger partial charge in [-0.15, -0.1) is 0 Å². The third kappa shape index (κ3) is 5.72. The molecule has 6 heteroatoms. The first-order valence-electron chi connectivity index (χ1n) is 13.9. The smallest absolute Gasteiger partial charge is 0.226 e. The first kappa shape index (κ1) is 25.5. The molecule has 5 rings (SSSR count). The maximum atomic E-state index is 13.3. The van der Waals surface area contributed by atoms with E-state index in [4.69, 9.17) is 0 Å². The summed E-state index contributed by atoms with van der Waals surface area (Å²) in [6, 6.07) is 23.1. The molecule has 2 aromatic carbocycles. The van der Waals surface area contributed by atoms with E-state index >= 15 is 0 Å². The highest BCUT2D eigenvalue weighted by atomic mass is 16.2. The number of hydrogen-bond donors (Lipinski definition) is 0. The van der Waals surface area contributed by atoms with Crippen molar-refractivity contribution in [3.63, 3.8) is 0 Å². The Bertz CT molecular complexity index is 1090. The van der Waals surface area contributed by atoms with E-state index in [2.05, 4.69) is 11.0 Å². The number of carbonyl (C=O) groups is 2. The quantitative estimate of drug-likeness (QED) is 0.625. The van der Waals surface area contributed by atoms with Crippen LogP contribution in [-0.4, -0.2) is 71.8 Å². The molecule has 6 nitrogen and oxygen atoms in total. The third-order valence-electron chi connectivity index (χ3n) is 8.88. The first-order chi connectivity index (χ1) is 18.1. The van der Waals surface area contributed by atoms with Gasteiger partial charge >= 0.3 is 0 Å². The summed E-state index contributed by atoms with van der Waals surface area (Å²) in [5.41, 5.74) is 1.68. The molecule has 0 spiro atoms. The van der Waals surface area contributed by atoms with Crippen LogP contribution in [0.25, 0.3) is 0 Å². The maximum absolute atomic E-state index is 13.3. The minimum atomic E-state index is -0.473. The predicted octanol–water partition coefficient (Wildman–Crippen LogP) is 4.02. The lowest BCUT2D eigenvalue weighted by molar-refractivity contribution is -0.139. The zero-order valence-electron chi connectivity index (χ0n) is 21.7. The monoisotopic (exact) mass is 498 g/mol. The van der Waals surface area contributed by atoms with E-state index in [1.165, 1.54) is 0 Å². The SMILES string of the molecule is N#CC1(c2ccccc2)CCN(C(=O)C2CCN(C3CCN(C(=O)Cc4ccccc4)CC3)CC2)CC1. The lowest BCUT2D eigenvalue weighted by Crippen LogP contribution is -2.51. The van der Waals surface area contributed by atoms with Crippen molar-refractivity contribution in [1.29, 1.82) is 5.26 Å². The van der Waals surface area contributed by atoms with Crippen LogP contribution in [0.5, 0.6) is 0 Å². The summed E-state index contributed by atoms with van der Waals surface area (Å²) < 4.78 is 0. The van der Waals surface area contributed by atoms with Crippen LogP contribution >= 0.6 is 0 Å². The summed E-state index contributed by atoms with van der Waals surface area (Å²) in [5.74, 6) is 0.596. The van der Waals surface area contributed by atoms with Gasteiger partial charge < -0.3 is 14.7 Å². The molecule has 2 aromatic rings. The fraction of sp³-hybridized carbons (Fsp3) is 0.516. The van der Waals surface area contributed by atoms with Crippen molar-refractivity contribution < 1.29 is 9.59 Å². The zero-order chi connectivity index (χ0) is 25.7. The number of piperidine rings is 3. The van der Waals surface area contributed by atoms with Gasteiger partial charge in [-0.25, -0.2) is 0 Å². The van der Waals surface area contributed by atoms with Crippen LogP contribution in [0, 0.1) is 17.2 Å². The molecule has 37 heavy (non-hydrogen) atoms. The number of rotatable bonds is 5. The molecule has 2 amide bonds. The molecule has 194 valence electrons. The summed E-state index contributed by atoms with van der Waals surface area (Å²) in [7, 11) is 0. The highest BCUT2D eigenvalue weighted by Gasteiger charge is 2.40. The molecule has 0 atom stereocenters. The highest BCUT2D eigenvalue weighted by Crippen LogP contribution is 2.36. The Hall–Kier alpha value is -3.17. The van der Waals surface area contributed by atoms with Crippen molar-refractivity contribution in [2.75, 3.05) is 39.3 Å². The van der Waals surface area contributed by atoms with E-state index in [0.29, 0.717) is 38.4 Å². The van der Waals surface area contributed by atoms with Crippen molar-refractivity contribution in [2.45, 2.75) is 56.4 Å². The molecule has 0 bridgehead atoms. The summed E-state index contributed by atoms with van der Waals surface area (Å²) in [4.78, 5) is 32.6. The Balaban J connectivity index is 1.06. The van der Waals surface area contributed by atoms with Crippen molar-refractivity contribution in [2.24, 2.45) is 5.92 Å². The van der Waals surface area contributed by atoms with E-state index in [9.17, 15) is 14.9 Å². The predicted molar refractivity (Wildman–Crippen MR) is 144 cm³/mol. The van der Waals surface area contributed by atoms with Gasteiger partial charge in [-0.1, -0.05) is 60.7 Å². The van der Waals surface area contributed by atoms with E-state index in [1.807, 2.05) is 70.5 Å². The number of amides is 2. The number of nitriles is 1. The van der Waals surface area contributed by atoms with E-state index in [1.54, 1.807) is 0 Å². The lowest BCUT2D eigenvalue weighted by Gasteiger charge is -2.43. The van der Waals surface area contributed by atoms with E-state index in [-0.39, 0.29) is 17.7 Å². The molecular weight excluding hydrogens is 460 g/mol. The third-order valence-corrected chi connectivity index (χ3v) is 8.88. The van der Waals surface area contributed by atoms with Crippen LogP contribution in [-0.2, 0) is 21.4 Å². The number of hydrogen-bond acceptors (Lipinski definition) is 4. The largest absolute Gasteiger partial charge is 0.342 e. The second-order valence-corrected chi connectivity index (χ2v) is 11.0. The zero-order valence-corrected chi connectivity index (χ0v) is 21.7. The molecule has 3 heterocycles. The average Bonchev–Trinajstić information content (AvgIpc) is 2.98. The summed E-state index contributed by atoms with van der Waals surface area (Å²) in [6.45, 7) is 4.89. The van der Waals surface area contributed by atoms with Gasteiger partial charge in [0.05, 0.1) is 17.9 Å². The van der Waals surface area contributed by atoms with Crippen molar-refractivity contribution >= 4 is 11.8 Å². The van der Waals surface area contributed by atoms with Crippen LogP contribution in [0.4, 0.5) is 0 Å². The van der Waals surface area contributed by atoms with E-state index < -0.39 is 5.41 Å². The second-order valence-electron chi connectivity index (χ2n) is 11.0. The number of benzene rings is 2. The summed E-state index contributed by atoms with van der Waals surface area (Å²) in [6.07, 6.45) is 5.74. The minimum absolute atomic E-state index is 0.0927. The molecule has 0 N–H and O–H groups in total. The standard InChI is InChI=1S/C31H38N4O2/c32-24-31(27-9-5-2-6-10-27)15-21-35(22-16-31)30(37)26-11-17-33(18-12-26)28-13-19-34(20-14-28)29(36)23-25-7-3-1-4-8-25/h1-10,26,28H,11-23H2. The Morgan fingerprint density at radius 3 is 1.97 bits per heavy atom. The Kier molecular flexibility index (Phi) is 7.90. The van der Waals surface area contributed by atoms with Crippen LogP contribution in [0.3, 0.4) is 0 Å². The normalized spacial score (nSPS) is 21.4. The van der Waals surface area contributed by atoms with Gasteiger partial charge in [0.1, 0.15) is 0 Å². The van der Waals surface area contributed by atoms with Crippen LogP contribution < -0.4 is 0 Å². The van der Waals surface area contributed by atoms with Crippen molar-refractivity contribution in [1.82, 2.24) is 14.7 Å². The Labute approximate surface area is 220 Å². The molecule has 3 aliphatic heterocycles. The van der Waals surface area contributed by atoms with Crippen LogP contribution in [0.1, 0.15) is 49.7 Å². The van der Waals surface area contributed by atoms with Crippen molar-refractivity contribution in [3.05, 3.63) is 71.8 Å². The number of nitrogens with zero attached hydrogens (tertiary/aromatic N) is 4. The maximum Gasteiger partial charge on any atom is 0.226 e. The molecule has 0 saturated carbocycles. The number of carbonyl (C=O) groups excluding carboxylic acids is 2. The van der Waals surface area contributed by atoms with E-state index in [0.717, 1.165) is 63.0 Å². The second kappa shape index (κ2) is 11.5. The van der Waals surface area contributed by atoms with Gasteiger partial charge in [-0.3, -0.25) is 9.59 Å². The van der Waals surface area contributed by atoms with Crippen LogP contribution in [0.15, 0.2) is 60.7 Å². The van der Waals surface area contributed by atoms with Gasteiger partial charge in [-0.2, -0.15) is 5.26 Å². The first-order valence-corrected chi connectivity index (χ1v) is 13.9. The minimum Gasteiger partial charge on any atom is -0.342 e. The molecule has 3 fully saturated rings. The Morgan fingerprint density at radius 2 is 1.38 bits per heavy atom. The molecule has 0 unspecified atom stereocenters. The Morgan fingerprint density at radius 1 is 0.784 bits per heavy atom. The summed E-state index contributed by atoms with van der Waals surface area (Å²) >= 11 is 0. The molecule has 3 saturated heterocycles. The van der Waals surface area contributed by atoms with Gasteiger partial charge in [-0.05, 0) is 62.7 Å². The average molecular weight is 499 g/mol. The molecule has 0 aromatic heterocycles. The number of likely N-dealkylation sites (tertiary alicyclic amines) is 3. The van der Waals surface area contributed by atoms with Gasteiger partial charge in [0.15, 0.2) is 0 Å². The molecule has 0 radical (unpaired) electrons. The molecule has 3 aliphatic rings.